The number of rotatable bonds is 5. The van der Waals surface area contributed by atoms with E-state index in [9.17, 15) is 0 Å². The van der Waals surface area contributed by atoms with Crippen LogP contribution in [-0.4, -0.2) is 30.1 Å². The average molecular weight is 252 g/mol. The van der Waals surface area contributed by atoms with Crippen molar-refractivity contribution >= 4 is 33.3 Å². The molecule has 0 aliphatic heterocycles. The van der Waals surface area contributed by atoms with E-state index in [-0.39, 0.29) is 0 Å². The van der Waals surface area contributed by atoms with Crippen LogP contribution in [-0.2, 0) is 6.42 Å². The van der Waals surface area contributed by atoms with Gasteiger partial charge < -0.3 is 5.32 Å². The van der Waals surface area contributed by atoms with E-state index in [1.165, 1.54) is 9.71 Å². The summed E-state index contributed by atoms with van der Waals surface area (Å²) in [4.78, 5) is 4.65. The molecule has 1 N–H and O–H groups in total. The third-order valence-corrected chi connectivity index (χ3v) is 4.33. The van der Waals surface area contributed by atoms with E-state index >= 15 is 0 Å². The summed E-state index contributed by atoms with van der Waals surface area (Å²) >= 11 is 3.68. The average Bonchev–Trinajstić information content (AvgIpc) is 2.70. The van der Waals surface area contributed by atoms with Crippen LogP contribution in [0.2, 0.25) is 0 Å². The second-order valence-electron chi connectivity index (χ2n) is 3.72. The first-order chi connectivity index (χ1) is 7.83. The highest BCUT2D eigenvalue weighted by Gasteiger charge is 2.10. The Morgan fingerprint density at radius 3 is 2.94 bits per heavy atom. The van der Waals surface area contributed by atoms with Gasteiger partial charge in [-0.3, -0.25) is 0 Å². The molecular weight excluding hydrogens is 236 g/mol. The Bertz CT molecular complexity index is 420. The van der Waals surface area contributed by atoms with Crippen molar-refractivity contribution in [3.8, 4) is 0 Å². The van der Waals surface area contributed by atoms with Gasteiger partial charge in [0.15, 0.2) is 0 Å². The Labute approximate surface area is 104 Å². The van der Waals surface area contributed by atoms with Gasteiger partial charge in [-0.15, -0.1) is 11.3 Å². The predicted octanol–water partition coefficient (Wildman–Crippen LogP) is 2.79. The number of nitrogens with zero attached hydrogens (tertiary/aromatic N) is 1. The van der Waals surface area contributed by atoms with Crippen LogP contribution in [0.25, 0.3) is 10.2 Å². The maximum atomic E-state index is 4.65. The minimum absolute atomic E-state index is 0.524. The van der Waals surface area contributed by atoms with Crippen molar-refractivity contribution in [1.29, 1.82) is 0 Å². The van der Waals surface area contributed by atoms with Crippen LogP contribution >= 0.6 is 23.1 Å². The molecule has 0 saturated heterocycles. The molecule has 0 aliphatic carbocycles. The van der Waals surface area contributed by atoms with E-state index in [0.717, 1.165) is 17.7 Å². The lowest BCUT2D eigenvalue weighted by Crippen LogP contribution is -2.29. The predicted molar refractivity (Wildman–Crippen MR) is 74.6 cm³/mol. The zero-order valence-electron chi connectivity index (χ0n) is 9.56. The SMILES string of the molecule is CNC(CSC)Cc1nc2ccccc2s1. The molecule has 2 aromatic rings. The number of para-hydroxylation sites is 1. The van der Waals surface area contributed by atoms with Gasteiger partial charge in [0.2, 0.25) is 0 Å². The largest absolute Gasteiger partial charge is 0.316 e. The fraction of sp³-hybridized carbons (Fsp3) is 0.417. The van der Waals surface area contributed by atoms with Crippen LogP contribution < -0.4 is 5.32 Å². The summed E-state index contributed by atoms with van der Waals surface area (Å²) in [5, 5.41) is 4.57. The number of thioether (sulfide) groups is 1. The molecule has 1 aromatic heterocycles. The lowest BCUT2D eigenvalue weighted by molar-refractivity contribution is 0.616. The van der Waals surface area contributed by atoms with Gasteiger partial charge in [0.25, 0.3) is 0 Å². The summed E-state index contributed by atoms with van der Waals surface area (Å²) in [7, 11) is 2.02. The number of benzene rings is 1. The van der Waals surface area contributed by atoms with Gasteiger partial charge in [-0.05, 0) is 25.4 Å². The number of hydrogen-bond donors (Lipinski definition) is 1. The molecule has 1 aromatic carbocycles. The van der Waals surface area contributed by atoms with Crippen molar-refractivity contribution in [2.45, 2.75) is 12.5 Å². The lowest BCUT2D eigenvalue weighted by Gasteiger charge is -2.12. The monoisotopic (exact) mass is 252 g/mol. The maximum Gasteiger partial charge on any atom is 0.0954 e. The standard InChI is InChI=1S/C12H16N2S2/c1-13-9(8-15-2)7-12-14-10-5-3-4-6-11(10)16-12/h3-6,9,13H,7-8H2,1-2H3. The zero-order valence-corrected chi connectivity index (χ0v) is 11.2. The van der Waals surface area contributed by atoms with Gasteiger partial charge in [-0.1, -0.05) is 12.1 Å². The van der Waals surface area contributed by atoms with E-state index in [2.05, 4.69) is 34.8 Å². The van der Waals surface area contributed by atoms with Crippen molar-refractivity contribution in [2.75, 3.05) is 19.1 Å². The molecule has 0 aliphatic rings. The minimum atomic E-state index is 0.524. The Balaban J connectivity index is 2.14. The first-order valence-corrected chi connectivity index (χ1v) is 7.55. The minimum Gasteiger partial charge on any atom is -0.316 e. The van der Waals surface area contributed by atoms with Crippen LogP contribution in [0.1, 0.15) is 5.01 Å². The summed E-state index contributed by atoms with van der Waals surface area (Å²) in [6.07, 6.45) is 3.17. The van der Waals surface area contributed by atoms with E-state index in [0.29, 0.717) is 6.04 Å². The van der Waals surface area contributed by atoms with Crippen molar-refractivity contribution in [3.63, 3.8) is 0 Å². The number of fused-ring (bicyclic) bond motifs is 1. The van der Waals surface area contributed by atoms with Gasteiger partial charge in [0.1, 0.15) is 0 Å². The Morgan fingerprint density at radius 1 is 1.44 bits per heavy atom. The quantitative estimate of drug-likeness (QED) is 0.886. The molecule has 0 amide bonds. The third kappa shape index (κ3) is 2.75. The first kappa shape index (κ1) is 11.9. The molecule has 2 rings (SSSR count). The molecule has 0 radical (unpaired) electrons. The van der Waals surface area contributed by atoms with E-state index in [4.69, 9.17) is 0 Å². The number of hydrogen-bond acceptors (Lipinski definition) is 4. The number of likely N-dealkylation sites (N-methyl/N-ethyl adjacent to an activating group) is 1. The molecular formula is C12H16N2S2. The molecule has 0 fully saturated rings. The number of aromatic nitrogens is 1. The maximum absolute atomic E-state index is 4.65. The van der Waals surface area contributed by atoms with Crippen LogP contribution in [0.3, 0.4) is 0 Å². The summed E-state index contributed by atoms with van der Waals surface area (Å²) < 4.78 is 1.29. The molecule has 1 heterocycles. The lowest BCUT2D eigenvalue weighted by atomic mass is 10.2. The third-order valence-electron chi connectivity index (χ3n) is 2.54. The number of nitrogens with one attached hydrogen (secondary N) is 1. The van der Waals surface area contributed by atoms with Crippen LogP contribution in [0.4, 0.5) is 0 Å². The fourth-order valence-electron chi connectivity index (χ4n) is 1.66. The second-order valence-corrected chi connectivity index (χ2v) is 5.75. The van der Waals surface area contributed by atoms with Gasteiger partial charge >= 0.3 is 0 Å². The second kappa shape index (κ2) is 5.66. The molecule has 1 unspecified atom stereocenters. The van der Waals surface area contributed by atoms with Crippen LogP contribution in [0.15, 0.2) is 24.3 Å². The normalized spacial score (nSPS) is 13.1. The zero-order chi connectivity index (χ0) is 11.4. The van der Waals surface area contributed by atoms with Gasteiger partial charge in [-0.25, -0.2) is 4.98 Å². The molecule has 16 heavy (non-hydrogen) atoms. The molecule has 1 atom stereocenters. The van der Waals surface area contributed by atoms with Crippen LogP contribution in [0, 0.1) is 0 Å². The molecule has 2 nitrogen and oxygen atoms in total. The Kier molecular flexibility index (Phi) is 4.21. The van der Waals surface area contributed by atoms with Gasteiger partial charge in [0.05, 0.1) is 15.2 Å². The summed E-state index contributed by atoms with van der Waals surface area (Å²) in [5.74, 6) is 1.13. The molecule has 0 bridgehead atoms. The molecule has 0 spiro atoms. The molecule has 0 saturated carbocycles. The molecule has 86 valence electrons. The fourth-order valence-corrected chi connectivity index (χ4v) is 3.40. The van der Waals surface area contributed by atoms with E-state index < -0.39 is 0 Å². The topological polar surface area (TPSA) is 24.9 Å². The highest BCUT2D eigenvalue weighted by molar-refractivity contribution is 7.98. The van der Waals surface area contributed by atoms with Gasteiger partial charge in [0, 0.05) is 18.2 Å². The first-order valence-electron chi connectivity index (χ1n) is 5.34. The Hall–Kier alpha value is -0.580. The van der Waals surface area contributed by atoms with Crippen molar-refractivity contribution in [3.05, 3.63) is 29.3 Å². The Morgan fingerprint density at radius 2 is 2.25 bits per heavy atom. The van der Waals surface area contributed by atoms with Gasteiger partial charge in [-0.2, -0.15) is 11.8 Å². The van der Waals surface area contributed by atoms with E-state index in [1.807, 2.05) is 24.9 Å². The van der Waals surface area contributed by atoms with Crippen molar-refractivity contribution in [2.24, 2.45) is 0 Å². The smallest absolute Gasteiger partial charge is 0.0954 e. The summed E-state index contributed by atoms with van der Waals surface area (Å²) in [6, 6.07) is 8.86. The summed E-state index contributed by atoms with van der Waals surface area (Å²) in [6.45, 7) is 0. The van der Waals surface area contributed by atoms with Crippen LogP contribution in [0.5, 0.6) is 0 Å². The van der Waals surface area contributed by atoms with Crippen molar-refractivity contribution < 1.29 is 0 Å². The van der Waals surface area contributed by atoms with E-state index in [1.54, 1.807) is 11.3 Å². The number of thiazole rings is 1. The highest BCUT2D eigenvalue weighted by Crippen LogP contribution is 2.22. The highest BCUT2D eigenvalue weighted by atomic mass is 32.2. The van der Waals surface area contributed by atoms with Crippen molar-refractivity contribution in [1.82, 2.24) is 10.3 Å². The summed E-state index contributed by atoms with van der Waals surface area (Å²) in [5.41, 5.74) is 1.13. The molecule has 4 heteroatoms.